The average Bonchev–Trinajstić information content (AvgIpc) is 2.41. The Labute approximate surface area is 94.6 Å². The molecule has 0 bridgehead atoms. The second-order valence-corrected chi connectivity index (χ2v) is 4.24. The van der Waals surface area contributed by atoms with E-state index in [4.69, 9.17) is 5.73 Å². The molecule has 0 amide bonds. The monoisotopic (exact) mass is 272 g/mol. The fourth-order valence-corrected chi connectivity index (χ4v) is 1.83. The van der Waals surface area contributed by atoms with Gasteiger partial charge in [-0.3, -0.25) is 0 Å². The lowest BCUT2D eigenvalue weighted by atomic mass is 10.3. The molecule has 0 unspecified atom stereocenters. The molecule has 15 heavy (non-hydrogen) atoms. The lowest BCUT2D eigenvalue weighted by molar-refractivity contribution is 0.622. The molecule has 2 N–H and O–H groups in total. The number of imidazole rings is 1. The maximum absolute atomic E-state index is 13.2. The van der Waals surface area contributed by atoms with Crippen molar-refractivity contribution in [3.63, 3.8) is 0 Å². The Kier molecular flexibility index (Phi) is 2.30. The minimum Gasteiger partial charge on any atom is -0.368 e. The number of rotatable bonds is 1. The quantitative estimate of drug-likeness (QED) is 0.860. The number of nitrogens with zero attached hydrogens (tertiary/aromatic N) is 3. The fraction of sp³-hybridized carbons (Fsp3) is 0.222. The predicted octanol–water partition coefficient (Wildman–Crippen LogP) is 1.72. The molecule has 6 heteroatoms. The molecule has 0 aliphatic rings. The zero-order chi connectivity index (χ0) is 11.2. The van der Waals surface area contributed by atoms with Crippen molar-refractivity contribution in [3.8, 4) is 0 Å². The molecule has 0 aliphatic carbocycles. The van der Waals surface area contributed by atoms with Crippen LogP contribution in [0.4, 0.5) is 10.3 Å². The van der Waals surface area contributed by atoms with Gasteiger partial charge in [0, 0.05) is 20.2 Å². The van der Waals surface area contributed by atoms with E-state index in [0.717, 1.165) is 5.52 Å². The van der Waals surface area contributed by atoms with Gasteiger partial charge in [0.15, 0.2) is 0 Å². The fourth-order valence-electron chi connectivity index (χ4n) is 1.50. The van der Waals surface area contributed by atoms with Crippen LogP contribution in [0.25, 0.3) is 11.0 Å². The van der Waals surface area contributed by atoms with Crippen molar-refractivity contribution in [2.75, 3.05) is 24.8 Å². The highest BCUT2D eigenvalue weighted by molar-refractivity contribution is 9.10. The Bertz CT molecular complexity index is 520. The molecule has 0 atom stereocenters. The number of anilines is 1. The van der Waals surface area contributed by atoms with Crippen LogP contribution >= 0.6 is 15.9 Å². The number of fused-ring (bicyclic) bond motifs is 1. The molecule has 2 rings (SSSR count). The van der Waals surface area contributed by atoms with E-state index in [-0.39, 0.29) is 5.82 Å². The van der Waals surface area contributed by atoms with E-state index >= 15 is 0 Å². The molecule has 1 aromatic carbocycles. The first-order valence-electron chi connectivity index (χ1n) is 4.31. The van der Waals surface area contributed by atoms with Gasteiger partial charge in [-0.05, 0) is 22.0 Å². The van der Waals surface area contributed by atoms with E-state index in [1.807, 2.05) is 14.1 Å². The molecule has 0 saturated heterocycles. The van der Waals surface area contributed by atoms with Crippen molar-refractivity contribution >= 4 is 32.9 Å². The van der Waals surface area contributed by atoms with E-state index in [0.29, 0.717) is 15.9 Å². The Balaban J connectivity index is 2.81. The van der Waals surface area contributed by atoms with Crippen molar-refractivity contribution in [3.05, 3.63) is 22.4 Å². The summed E-state index contributed by atoms with van der Waals surface area (Å²) in [6, 6.07) is 3.02. The smallest absolute Gasteiger partial charge is 0.220 e. The molecule has 0 spiro atoms. The zero-order valence-corrected chi connectivity index (χ0v) is 9.92. The van der Waals surface area contributed by atoms with Gasteiger partial charge in [-0.25, -0.2) is 14.1 Å². The van der Waals surface area contributed by atoms with E-state index < -0.39 is 0 Å². The minimum atomic E-state index is -0.342. The van der Waals surface area contributed by atoms with Gasteiger partial charge in [0.2, 0.25) is 5.95 Å². The number of nitrogen functional groups attached to an aromatic ring is 1. The molecule has 1 heterocycles. The number of aromatic nitrogens is 2. The molecular weight excluding hydrogens is 263 g/mol. The SMILES string of the molecule is CN(C)n1c(N)nc2cc(F)c(Br)cc21. The van der Waals surface area contributed by atoms with Crippen LogP contribution in [0.2, 0.25) is 0 Å². The number of hydrogen-bond donors (Lipinski definition) is 1. The third-order valence-electron chi connectivity index (χ3n) is 2.10. The number of halogens is 2. The Morgan fingerprint density at radius 2 is 2.13 bits per heavy atom. The highest BCUT2D eigenvalue weighted by Crippen LogP contribution is 2.24. The van der Waals surface area contributed by atoms with Crippen molar-refractivity contribution < 1.29 is 4.39 Å². The first kappa shape index (κ1) is 10.2. The molecule has 0 fully saturated rings. The first-order chi connectivity index (χ1) is 7.00. The normalized spacial score (nSPS) is 10.9. The van der Waals surface area contributed by atoms with Gasteiger partial charge >= 0.3 is 0 Å². The minimum absolute atomic E-state index is 0.340. The predicted molar refractivity (Wildman–Crippen MR) is 61.9 cm³/mol. The van der Waals surface area contributed by atoms with Crippen LogP contribution in [0.5, 0.6) is 0 Å². The topological polar surface area (TPSA) is 47.1 Å². The molecule has 0 aliphatic heterocycles. The van der Waals surface area contributed by atoms with E-state index in [9.17, 15) is 4.39 Å². The third kappa shape index (κ3) is 1.54. The van der Waals surface area contributed by atoms with Gasteiger partial charge in [-0.15, -0.1) is 0 Å². The van der Waals surface area contributed by atoms with Crippen LogP contribution in [-0.2, 0) is 0 Å². The number of nitrogens with two attached hydrogens (primary N) is 1. The molecule has 80 valence electrons. The molecule has 1 aromatic heterocycles. The first-order valence-corrected chi connectivity index (χ1v) is 5.10. The summed E-state index contributed by atoms with van der Waals surface area (Å²) in [4.78, 5) is 4.07. The van der Waals surface area contributed by atoms with Crippen LogP contribution in [0, 0.1) is 5.82 Å². The van der Waals surface area contributed by atoms with Gasteiger partial charge in [0.1, 0.15) is 5.82 Å². The summed E-state index contributed by atoms with van der Waals surface area (Å²) in [6.07, 6.45) is 0. The lowest BCUT2D eigenvalue weighted by Crippen LogP contribution is -2.26. The Hall–Kier alpha value is -1.30. The summed E-state index contributed by atoms with van der Waals surface area (Å²) in [5.74, 6) is -0.00148. The summed E-state index contributed by atoms with van der Waals surface area (Å²) in [5.41, 5.74) is 7.04. The highest BCUT2D eigenvalue weighted by atomic mass is 79.9. The summed E-state index contributed by atoms with van der Waals surface area (Å²) < 4.78 is 15.3. The van der Waals surface area contributed by atoms with Gasteiger partial charge in [0.05, 0.1) is 15.5 Å². The largest absolute Gasteiger partial charge is 0.368 e. The van der Waals surface area contributed by atoms with Crippen LogP contribution in [0.3, 0.4) is 0 Å². The van der Waals surface area contributed by atoms with Crippen molar-refractivity contribution in [1.82, 2.24) is 9.66 Å². The van der Waals surface area contributed by atoms with Crippen LogP contribution in [-0.4, -0.2) is 23.8 Å². The summed E-state index contributed by atoms with van der Waals surface area (Å²) in [7, 11) is 3.68. The summed E-state index contributed by atoms with van der Waals surface area (Å²) >= 11 is 3.13. The van der Waals surface area contributed by atoms with Gasteiger partial charge < -0.3 is 10.7 Å². The second-order valence-electron chi connectivity index (χ2n) is 3.38. The Morgan fingerprint density at radius 3 is 2.73 bits per heavy atom. The standard InChI is InChI=1S/C9H10BrFN4/c1-14(2)15-8-3-5(10)6(11)4-7(8)13-9(15)12/h3-4H,1-2H3,(H2,12,13). The highest BCUT2D eigenvalue weighted by Gasteiger charge is 2.12. The van der Waals surface area contributed by atoms with Gasteiger partial charge in [-0.2, -0.15) is 0 Å². The van der Waals surface area contributed by atoms with Gasteiger partial charge in [-0.1, -0.05) is 0 Å². The summed E-state index contributed by atoms with van der Waals surface area (Å²) in [6.45, 7) is 0. The molecular formula is C9H10BrFN4. The molecule has 0 saturated carbocycles. The van der Waals surface area contributed by atoms with Crippen molar-refractivity contribution in [1.29, 1.82) is 0 Å². The Morgan fingerprint density at radius 1 is 1.47 bits per heavy atom. The third-order valence-corrected chi connectivity index (χ3v) is 2.71. The van der Waals surface area contributed by atoms with E-state index in [2.05, 4.69) is 20.9 Å². The maximum Gasteiger partial charge on any atom is 0.220 e. The van der Waals surface area contributed by atoms with Crippen molar-refractivity contribution in [2.24, 2.45) is 0 Å². The van der Waals surface area contributed by atoms with Gasteiger partial charge in [0.25, 0.3) is 0 Å². The van der Waals surface area contributed by atoms with E-state index in [1.54, 1.807) is 15.8 Å². The molecule has 0 radical (unpaired) electrons. The zero-order valence-electron chi connectivity index (χ0n) is 8.33. The molecule has 2 aromatic rings. The average molecular weight is 273 g/mol. The molecule has 4 nitrogen and oxygen atoms in total. The lowest BCUT2D eigenvalue weighted by Gasteiger charge is -2.16. The van der Waals surface area contributed by atoms with E-state index in [1.165, 1.54) is 6.07 Å². The van der Waals surface area contributed by atoms with Crippen molar-refractivity contribution in [2.45, 2.75) is 0 Å². The van der Waals surface area contributed by atoms with Crippen LogP contribution < -0.4 is 10.7 Å². The number of benzene rings is 1. The maximum atomic E-state index is 13.2. The van der Waals surface area contributed by atoms with Crippen LogP contribution in [0.15, 0.2) is 16.6 Å². The number of hydrogen-bond acceptors (Lipinski definition) is 3. The summed E-state index contributed by atoms with van der Waals surface area (Å²) in [5, 5.41) is 1.79. The van der Waals surface area contributed by atoms with Crippen LogP contribution in [0.1, 0.15) is 0 Å². The second kappa shape index (κ2) is 3.37.